The molecule has 0 aliphatic carbocycles. The van der Waals surface area contributed by atoms with Gasteiger partial charge in [0.1, 0.15) is 17.1 Å². The van der Waals surface area contributed by atoms with Gasteiger partial charge in [-0.1, -0.05) is 36.4 Å². The van der Waals surface area contributed by atoms with E-state index in [0.717, 1.165) is 38.9 Å². The van der Waals surface area contributed by atoms with Gasteiger partial charge in [0.15, 0.2) is 0 Å². The number of benzene rings is 3. The normalized spacial score (nSPS) is 12.4. The van der Waals surface area contributed by atoms with Gasteiger partial charge in [0, 0.05) is 9.49 Å². The van der Waals surface area contributed by atoms with E-state index < -0.39 is 11.8 Å². The van der Waals surface area contributed by atoms with E-state index in [9.17, 15) is 9.90 Å². The maximum absolute atomic E-state index is 12.3. The molecule has 1 atom stereocenters. The van der Waals surface area contributed by atoms with E-state index in [-0.39, 0.29) is 5.92 Å². The van der Waals surface area contributed by atoms with Crippen molar-refractivity contribution in [1.82, 2.24) is 0 Å². The minimum absolute atomic E-state index is 0.0343. The summed E-state index contributed by atoms with van der Waals surface area (Å²) in [4.78, 5) is 12.3. The molecule has 0 amide bonds. The fraction of sp³-hybridized carbons (Fsp3) is 0.321. The Balaban J connectivity index is 2.10. The van der Waals surface area contributed by atoms with Gasteiger partial charge in [-0.05, 0) is 122 Å². The quantitative estimate of drug-likeness (QED) is 0.154. The monoisotopic (exact) mass is 558 g/mol. The Morgan fingerprint density at radius 3 is 1.73 bits per heavy atom. The molecule has 0 saturated heterocycles. The molecule has 0 fully saturated rings. The molecule has 174 valence electrons. The summed E-state index contributed by atoms with van der Waals surface area (Å²) in [6.45, 7) is 13.2. The Hall–Kier alpha value is -2.54. The minimum atomic E-state index is -0.708. The number of aromatic hydroxyl groups is 1. The predicted octanol–water partition coefficient (Wildman–Crippen LogP) is 7.72. The summed E-state index contributed by atoms with van der Waals surface area (Å²) in [7, 11) is 0. The van der Waals surface area contributed by atoms with Gasteiger partial charge in [-0.25, -0.2) is 4.79 Å². The van der Waals surface area contributed by atoms with Gasteiger partial charge in [0.25, 0.3) is 0 Å². The van der Waals surface area contributed by atoms with E-state index in [1.165, 1.54) is 3.57 Å². The van der Waals surface area contributed by atoms with Gasteiger partial charge >= 0.3 is 6.16 Å². The van der Waals surface area contributed by atoms with E-state index in [2.05, 4.69) is 59.0 Å². The van der Waals surface area contributed by atoms with Crippen LogP contribution in [0.4, 0.5) is 4.79 Å². The molecule has 0 aliphatic heterocycles. The van der Waals surface area contributed by atoms with Crippen LogP contribution in [-0.4, -0.2) is 16.9 Å². The minimum Gasteiger partial charge on any atom is -0.507 e. The highest BCUT2D eigenvalue weighted by molar-refractivity contribution is 14.1. The molecular weight excluding hydrogens is 527 g/mol. The first-order valence-corrected chi connectivity index (χ1v) is 12.0. The summed E-state index contributed by atoms with van der Waals surface area (Å²) in [6.07, 6.45) is -0.708. The number of aryl methyl sites for hydroxylation is 4. The van der Waals surface area contributed by atoms with Crippen molar-refractivity contribution in [2.45, 2.75) is 60.0 Å². The van der Waals surface area contributed by atoms with Gasteiger partial charge in [-0.3, -0.25) is 0 Å². The largest absolute Gasteiger partial charge is 0.514 e. The smallest absolute Gasteiger partial charge is 0.507 e. The van der Waals surface area contributed by atoms with Crippen molar-refractivity contribution in [2.75, 3.05) is 0 Å². The lowest BCUT2D eigenvalue weighted by Gasteiger charge is -2.23. The number of carbonyl (C=O) groups excluding carboxylic acids is 1. The Bertz CT molecular complexity index is 1130. The summed E-state index contributed by atoms with van der Waals surface area (Å²) in [5.41, 5.74) is 6.13. The number of ether oxygens (including phenoxy) is 2. The number of phenols is 1. The zero-order valence-electron chi connectivity index (χ0n) is 20.2. The zero-order chi connectivity index (χ0) is 24.5. The molecular formula is C28H31IO4. The molecule has 0 aromatic heterocycles. The van der Waals surface area contributed by atoms with Crippen molar-refractivity contribution in [3.63, 3.8) is 0 Å². The van der Waals surface area contributed by atoms with Crippen LogP contribution in [-0.2, 0) is 4.74 Å². The highest BCUT2D eigenvalue weighted by Crippen LogP contribution is 2.38. The topological polar surface area (TPSA) is 55.8 Å². The van der Waals surface area contributed by atoms with Crippen LogP contribution in [0.2, 0.25) is 0 Å². The van der Waals surface area contributed by atoms with Crippen LogP contribution >= 0.6 is 22.6 Å². The van der Waals surface area contributed by atoms with Crippen molar-refractivity contribution in [1.29, 1.82) is 0 Å². The molecule has 5 heteroatoms. The number of carbonyl (C=O) groups is 1. The van der Waals surface area contributed by atoms with E-state index in [1.807, 2.05) is 60.6 Å². The van der Waals surface area contributed by atoms with E-state index in [4.69, 9.17) is 9.47 Å². The first-order valence-electron chi connectivity index (χ1n) is 10.9. The number of phenolic OH excluding ortho intramolecular Hbond substituents is 1. The molecule has 0 spiro atoms. The number of hydrogen-bond donors (Lipinski definition) is 1. The predicted molar refractivity (Wildman–Crippen MR) is 140 cm³/mol. The van der Waals surface area contributed by atoms with Crippen molar-refractivity contribution < 1.29 is 19.4 Å². The molecule has 3 aromatic carbocycles. The lowest BCUT2D eigenvalue weighted by atomic mass is 9.82. The first-order chi connectivity index (χ1) is 15.4. The van der Waals surface area contributed by atoms with Crippen molar-refractivity contribution in [3.8, 4) is 11.5 Å². The molecule has 0 saturated carbocycles. The van der Waals surface area contributed by atoms with E-state index in [0.29, 0.717) is 11.5 Å². The van der Waals surface area contributed by atoms with Crippen LogP contribution in [0.15, 0.2) is 48.5 Å². The van der Waals surface area contributed by atoms with Gasteiger partial charge in [-0.15, -0.1) is 0 Å². The van der Waals surface area contributed by atoms with E-state index in [1.54, 1.807) is 0 Å². The average Bonchev–Trinajstić information content (AvgIpc) is 2.69. The number of halogens is 1. The van der Waals surface area contributed by atoms with Crippen molar-refractivity contribution in [2.24, 2.45) is 0 Å². The molecule has 1 N–H and O–H groups in total. The summed E-state index contributed by atoms with van der Waals surface area (Å²) < 4.78 is 12.1. The number of rotatable bonds is 4. The van der Waals surface area contributed by atoms with Crippen LogP contribution in [0.1, 0.15) is 65.6 Å². The molecule has 33 heavy (non-hydrogen) atoms. The summed E-state index contributed by atoms with van der Waals surface area (Å²) >= 11 is 2.31. The third kappa shape index (κ3) is 6.08. The third-order valence-electron chi connectivity index (χ3n) is 5.44. The molecule has 3 aromatic rings. The van der Waals surface area contributed by atoms with E-state index >= 15 is 0 Å². The Kier molecular flexibility index (Phi) is 7.42. The molecule has 1 unspecified atom stereocenters. The van der Waals surface area contributed by atoms with Crippen LogP contribution < -0.4 is 4.74 Å². The fourth-order valence-electron chi connectivity index (χ4n) is 4.05. The lowest BCUT2D eigenvalue weighted by molar-refractivity contribution is 0.0203. The summed E-state index contributed by atoms with van der Waals surface area (Å²) in [6, 6.07) is 16.7. The molecule has 3 rings (SSSR count). The van der Waals surface area contributed by atoms with Crippen LogP contribution in [0, 0.1) is 31.3 Å². The van der Waals surface area contributed by atoms with Gasteiger partial charge in [-0.2, -0.15) is 0 Å². The summed E-state index contributed by atoms with van der Waals surface area (Å²) in [5.74, 6) is 0.814. The SMILES string of the molecule is Cc1cc(C(c2ccc(I)cc2)c2cc(C)c(OC(=O)OC(C)(C)C)c(C)c2)cc(C)c1O. The van der Waals surface area contributed by atoms with Gasteiger partial charge < -0.3 is 14.6 Å². The maximum Gasteiger partial charge on any atom is 0.514 e. The first kappa shape index (κ1) is 25.1. The Morgan fingerprint density at radius 2 is 1.27 bits per heavy atom. The molecule has 0 heterocycles. The molecule has 0 bridgehead atoms. The molecule has 4 nitrogen and oxygen atoms in total. The highest BCUT2D eigenvalue weighted by atomic mass is 127. The Morgan fingerprint density at radius 1 is 0.818 bits per heavy atom. The van der Waals surface area contributed by atoms with Crippen molar-refractivity contribution >= 4 is 28.7 Å². The molecule has 0 radical (unpaired) electrons. The fourth-order valence-corrected chi connectivity index (χ4v) is 4.41. The highest BCUT2D eigenvalue weighted by Gasteiger charge is 2.23. The van der Waals surface area contributed by atoms with Gasteiger partial charge in [0.05, 0.1) is 0 Å². The third-order valence-corrected chi connectivity index (χ3v) is 6.16. The second kappa shape index (κ2) is 9.75. The van der Waals surface area contributed by atoms with Crippen molar-refractivity contribution in [3.05, 3.63) is 91.0 Å². The Labute approximate surface area is 210 Å². The average molecular weight is 558 g/mol. The van der Waals surface area contributed by atoms with Crippen LogP contribution in [0.5, 0.6) is 11.5 Å². The maximum atomic E-state index is 12.3. The second-order valence-corrected chi connectivity index (χ2v) is 10.8. The second-order valence-electron chi connectivity index (χ2n) is 9.54. The van der Waals surface area contributed by atoms with Crippen LogP contribution in [0.3, 0.4) is 0 Å². The zero-order valence-corrected chi connectivity index (χ0v) is 22.4. The standard InChI is InChI=1S/C28H31IO4/c1-16-12-21(13-17(2)25(16)30)24(20-8-10-23(29)11-9-20)22-14-18(3)26(19(4)15-22)32-27(31)33-28(5,6)7/h8-15,24,30H,1-7H3. The molecule has 0 aliphatic rings. The number of hydrogen-bond acceptors (Lipinski definition) is 4. The van der Waals surface area contributed by atoms with Gasteiger partial charge in [0.2, 0.25) is 0 Å². The summed E-state index contributed by atoms with van der Waals surface area (Å²) in [5, 5.41) is 10.3. The van der Waals surface area contributed by atoms with Crippen LogP contribution in [0.25, 0.3) is 0 Å². The lowest BCUT2D eigenvalue weighted by Crippen LogP contribution is -2.26.